The van der Waals surface area contributed by atoms with Gasteiger partial charge in [0.15, 0.2) is 0 Å². The van der Waals surface area contributed by atoms with Crippen LogP contribution in [0.2, 0.25) is 0 Å². The summed E-state index contributed by atoms with van der Waals surface area (Å²) in [6, 6.07) is 17.9. The number of methoxy groups -OCH3 is 1. The highest BCUT2D eigenvalue weighted by molar-refractivity contribution is 7.92. The molecule has 12 heteroatoms. The molecule has 0 saturated heterocycles. The molecular formula is C30H36N4O7S. The Kier molecular flexibility index (Phi) is 11.0. The first-order chi connectivity index (χ1) is 20.0. The third-order valence-electron chi connectivity index (χ3n) is 6.74. The second-order valence-corrected chi connectivity index (χ2v) is 11.5. The quantitative estimate of drug-likeness (QED) is 0.214. The molecular weight excluding hydrogens is 560 g/mol. The van der Waals surface area contributed by atoms with Crippen molar-refractivity contribution in [2.24, 2.45) is 0 Å². The number of ether oxygens (including phenoxy) is 1. The molecule has 2 amide bonds. The summed E-state index contributed by atoms with van der Waals surface area (Å²) in [5.74, 6) is -0.479. The number of sulfonamides is 1. The summed E-state index contributed by atoms with van der Waals surface area (Å²) in [4.78, 5) is 39.1. The minimum absolute atomic E-state index is 0.0736. The molecule has 0 aliphatic rings. The van der Waals surface area contributed by atoms with Gasteiger partial charge >= 0.3 is 0 Å². The van der Waals surface area contributed by atoms with Gasteiger partial charge in [0.05, 0.1) is 22.6 Å². The molecule has 0 fully saturated rings. The third kappa shape index (κ3) is 7.64. The number of rotatable bonds is 14. The summed E-state index contributed by atoms with van der Waals surface area (Å²) in [5, 5.41) is 14.4. The Morgan fingerprint density at radius 3 is 2.26 bits per heavy atom. The van der Waals surface area contributed by atoms with Gasteiger partial charge < -0.3 is 15.0 Å². The highest BCUT2D eigenvalue weighted by Gasteiger charge is 2.34. The molecule has 1 N–H and O–H groups in total. The maximum absolute atomic E-state index is 14.0. The Labute approximate surface area is 246 Å². The van der Waals surface area contributed by atoms with E-state index in [0.717, 1.165) is 15.9 Å². The van der Waals surface area contributed by atoms with Crippen molar-refractivity contribution in [2.45, 2.75) is 51.1 Å². The van der Waals surface area contributed by atoms with Crippen molar-refractivity contribution < 1.29 is 27.7 Å². The molecule has 0 heterocycles. The lowest BCUT2D eigenvalue weighted by Crippen LogP contribution is -2.52. The maximum atomic E-state index is 14.0. The van der Waals surface area contributed by atoms with Crippen molar-refractivity contribution in [3.8, 4) is 5.75 Å². The predicted octanol–water partition coefficient (Wildman–Crippen LogP) is 4.44. The summed E-state index contributed by atoms with van der Waals surface area (Å²) < 4.78 is 34.2. The van der Waals surface area contributed by atoms with Crippen molar-refractivity contribution in [2.75, 3.05) is 24.5 Å². The molecule has 224 valence electrons. The number of amides is 2. The standard InChI is InChI=1S/C30H36N4O7S/c1-5-18-31-30(36)27(6-2)32(20-23-10-8-7-9-11-23)29(35)21-33(24-13-15-25(41-4)16-14-24)42(39,40)26-17-12-22(3)28(19-26)34(37)38/h7-17,19,27H,5-6,18,20-21H2,1-4H3,(H,31,36)/t27-/m0/s1. The minimum Gasteiger partial charge on any atom is -0.497 e. The lowest BCUT2D eigenvalue weighted by atomic mass is 10.1. The van der Waals surface area contributed by atoms with Crippen LogP contribution in [-0.2, 0) is 26.2 Å². The van der Waals surface area contributed by atoms with Gasteiger partial charge in [-0.3, -0.25) is 24.0 Å². The third-order valence-corrected chi connectivity index (χ3v) is 8.51. The fraction of sp³-hybridized carbons (Fsp3) is 0.333. The van der Waals surface area contributed by atoms with E-state index in [1.807, 2.05) is 37.3 Å². The number of nitrogens with zero attached hydrogens (tertiary/aromatic N) is 3. The number of carbonyl (C=O) groups excluding carboxylic acids is 2. The number of benzene rings is 3. The van der Waals surface area contributed by atoms with Crippen LogP contribution in [0.4, 0.5) is 11.4 Å². The van der Waals surface area contributed by atoms with E-state index >= 15 is 0 Å². The topological polar surface area (TPSA) is 139 Å². The number of nitrogens with one attached hydrogen (secondary N) is 1. The van der Waals surface area contributed by atoms with Crippen LogP contribution in [0.1, 0.15) is 37.8 Å². The predicted molar refractivity (Wildman–Crippen MR) is 160 cm³/mol. The number of nitro benzene ring substituents is 1. The van der Waals surface area contributed by atoms with Gasteiger partial charge in [0.25, 0.3) is 15.7 Å². The van der Waals surface area contributed by atoms with Crippen molar-refractivity contribution >= 4 is 33.2 Å². The van der Waals surface area contributed by atoms with Gasteiger partial charge in [-0.05, 0) is 55.7 Å². The number of aryl methyl sites for hydroxylation is 1. The van der Waals surface area contributed by atoms with E-state index < -0.39 is 33.4 Å². The van der Waals surface area contributed by atoms with Crippen LogP contribution in [0.3, 0.4) is 0 Å². The van der Waals surface area contributed by atoms with Crippen LogP contribution in [0.5, 0.6) is 5.75 Å². The first kappa shape index (κ1) is 32.1. The largest absolute Gasteiger partial charge is 0.497 e. The zero-order chi connectivity index (χ0) is 30.9. The SMILES string of the molecule is CCCNC(=O)[C@H](CC)N(Cc1ccccc1)C(=O)CN(c1ccc(OC)cc1)S(=O)(=O)c1ccc(C)c([N+](=O)[O-])c1. The number of nitro groups is 1. The van der Waals surface area contributed by atoms with E-state index in [0.29, 0.717) is 30.7 Å². The first-order valence-electron chi connectivity index (χ1n) is 13.6. The van der Waals surface area contributed by atoms with Crippen LogP contribution >= 0.6 is 0 Å². The van der Waals surface area contributed by atoms with Gasteiger partial charge in [-0.25, -0.2) is 8.42 Å². The van der Waals surface area contributed by atoms with Crippen LogP contribution in [-0.4, -0.2) is 56.3 Å². The zero-order valence-electron chi connectivity index (χ0n) is 24.1. The fourth-order valence-electron chi connectivity index (χ4n) is 4.42. The zero-order valence-corrected chi connectivity index (χ0v) is 25.0. The van der Waals surface area contributed by atoms with E-state index in [4.69, 9.17) is 4.74 Å². The molecule has 0 unspecified atom stereocenters. The number of hydrogen-bond donors (Lipinski definition) is 1. The lowest BCUT2D eigenvalue weighted by molar-refractivity contribution is -0.385. The molecule has 3 rings (SSSR count). The molecule has 0 aliphatic carbocycles. The van der Waals surface area contributed by atoms with E-state index in [1.54, 1.807) is 19.1 Å². The van der Waals surface area contributed by atoms with E-state index in [2.05, 4.69) is 5.32 Å². The highest BCUT2D eigenvalue weighted by Crippen LogP contribution is 2.29. The van der Waals surface area contributed by atoms with E-state index in [-0.39, 0.29) is 28.7 Å². The van der Waals surface area contributed by atoms with Crippen LogP contribution in [0.15, 0.2) is 77.7 Å². The molecule has 0 bridgehead atoms. The normalized spacial score (nSPS) is 11.8. The Bertz CT molecular complexity index is 1500. The van der Waals surface area contributed by atoms with E-state index in [9.17, 15) is 28.1 Å². The minimum atomic E-state index is -4.47. The van der Waals surface area contributed by atoms with Gasteiger partial charge in [0.2, 0.25) is 11.8 Å². The molecule has 3 aromatic rings. The molecule has 3 aromatic carbocycles. The van der Waals surface area contributed by atoms with Gasteiger partial charge in [-0.15, -0.1) is 0 Å². The molecule has 42 heavy (non-hydrogen) atoms. The first-order valence-corrected chi connectivity index (χ1v) is 15.0. The molecule has 0 radical (unpaired) electrons. The Morgan fingerprint density at radius 2 is 1.69 bits per heavy atom. The molecule has 0 saturated carbocycles. The Morgan fingerprint density at radius 1 is 1.02 bits per heavy atom. The average Bonchev–Trinajstić information content (AvgIpc) is 2.99. The molecule has 0 aromatic heterocycles. The second-order valence-electron chi connectivity index (χ2n) is 9.64. The molecule has 11 nitrogen and oxygen atoms in total. The number of hydrogen-bond acceptors (Lipinski definition) is 7. The highest BCUT2D eigenvalue weighted by atomic mass is 32.2. The lowest BCUT2D eigenvalue weighted by Gasteiger charge is -2.33. The van der Waals surface area contributed by atoms with Gasteiger partial charge in [-0.1, -0.05) is 50.2 Å². The van der Waals surface area contributed by atoms with Crippen LogP contribution in [0, 0.1) is 17.0 Å². The van der Waals surface area contributed by atoms with Gasteiger partial charge in [0.1, 0.15) is 18.3 Å². The molecule has 0 spiro atoms. The Balaban J connectivity index is 2.10. The summed E-state index contributed by atoms with van der Waals surface area (Å²) >= 11 is 0. The van der Waals surface area contributed by atoms with Crippen molar-refractivity contribution in [1.82, 2.24) is 10.2 Å². The second kappa shape index (κ2) is 14.4. The molecule has 0 aliphatic heterocycles. The Hall–Kier alpha value is -4.45. The van der Waals surface area contributed by atoms with Crippen molar-refractivity contribution in [3.05, 3.63) is 94.0 Å². The summed E-state index contributed by atoms with van der Waals surface area (Å²) in [7, 11) is -3.01. The maximum Gasteiger partial charge on any atom is 0.273 e. The monoisotopic (exact) mass is 596 g/mol. The number of anilines is 1. The summed E-state index contributed by atoms with van der Waals surface area (Å²) in [5.41, 5.74) is 0.849. The van der Waals surface area contributed by atoms with Crippen molar-refractivity contribution in [3.63, 3.8) is 0 Å². The van der Waals surface area contributed by atoms with Gasteiger partial charge in [-0.2, -0.15) is 0 Å². The molecule has 1 atom stereocenters. The van der Waals surface area contributed by atoms with Crippen LogP contribution in [0.25, 0.3) is 0 Å². The summed E-state index contributed by atoms with van der Waals surface area (Å²) in [6.45, 7) is 5.06. The van der Waals surface area contributed by atoms with Crippen LogP contribution < -0.4 is 14.4 Å². The van der Waals surface area contributed by atoms with Gasteiger partial charge in [0, 0.05) is 24.7 Å². The van der Waals surface area contributed by atoms with Crippen molar-refractivity contribution in [1.29, 1.82) is 0 Å². The smallest absolute Gasteiger partial charge is 0.273 e. The fourth-order valence-corrected chi connectivity index (χ4v) is 5.85. The number of carbonyl (C=O) groups is 2. The average molecular weight is 597 g/mol. The summed E-state index contributed by atoms with van der Waals surface area (Å²) in [6.07, 6.45) is 1.01. The van der Waals surface area contributed by atoms with E-state index in [1.165, 1.54) is 43.2 Å².